The number of hydrogen-bond acceptors (Lipinski definition) is 0. The fourth-order valence-electron chi connectivity index (χ4n) is 6.83. The first-order chi connectivity index (χ1) is 15.0. The van der Waals surface area contributed by atoms with Gasteiger partial charge >= 0.3 is 0 Å². The Labute approximate surface area is 195 Å². The maximum Gasteiger partial charge on any atom is -0.00144 e. The minimum absolute atomic E-state index is 1.11. The summed E-state index contributed by atoms with van der Waals surface area (Å²) in [7, 11) is 0. The van der Waals surface area contributed by atoms with E-state index in [2.05, 4.69) is 69.2 Å². The molecule has 0 atom stereocenters. The normalized spacial score (nSPS) is 14.1. The highest BCUT2D eigenvalue weighted by molar-refractivity contribution is 5.65. The van der Waals surface area contributed by atoms with Crippen molar-refractivity contribution in [2.24, 2.45) is 0 Å². The molecule has 0 fully saturated rings. The number of benzene rings is 3. The summed E-state index contributed by atoms with van der Waals surface area (Å²) in [5.74, 6) is 0. The summed E-state index contributed by atoms with van der Waals surface area (Å²) >= 11 is 0. The van der Waals surface area contributed by atoms with Crippen LogP contribution in [0.2, 0.25) is 0 Å². The van der Waals surface area contributed by atoms with Gasteiger partial charge in [-0.15, -0.1) is 0 Å². The molecule has 0 bridgehead atoms. The second-order valence-electron chi connectivity index (χ2n) is 10.8. The van der Waals surface area contributed by atoms with Gasteiger partial charge in [0.1, 0.15) is 0 Å². The summed E-state index contributed by atoms with van der Waals surface area (Å²) in [5.41, 5.74) is 28.1. The van der Waals surface area contributed by atoms with Crippen molar-refractivity contribution in [3.05, 3.63) is 100 Å². The molecule has 3 aromatic rings. The highest BCUT2D eigenvalue weighted by atomic mass is 14.3. The first kappa shape index (κ1) is 21.5. The molecule has 0 nitrogen and oxygen atoms in total. The summed E-state index contributed by atoms with van der Waals surface area (Å²) in [4.78, 5) is 0. The van der Waals surface area contributed by atoms with Crippen molar-refractivity contribution < 1.29 is 0 Å². The van der Waals surface area contributed by atoms with Gasteiger partial charge in [-0.2, -0.15) is 0 Å². The average molecular weight is 423 g/mol. The maximum atomic E-state index is 2.42. The summed E-state index contributed by atoms with van der Waals surface area (Å²) in [6.07, 6.45) is 4.43. The van der Waals surface area contributed by atoms with Crippen LogP contribution in [0.5, 0.6) is 0 Å². The fraction of sp³-hybridized carbons (Fsp3) is 0.438. The Hall–Kier alpha value is -2.34. The van der Waals surface area contributed by atoms with Crippen LogP contribution in [0.1, 0.15) is 100 Å². The highest BCUT2D eigenvalue weighted by Gasteiger charge is 2.30. The Balaban J connectivity index is 1.73. The summed E-state index contributed by atoms with van der Waals surface area (Å²) in [5, 5.41) is 0. The third-order valence-electron chi connectivity index (χ3n) is 9.87. The number of fused-ring (bicyclic) bond motifs is 4. The lowest BCUT2D eigenvalue weighted by atomic mass is 9.70. The van der Waals surface area contributed by atoms with E-state index in [0.29, 0.717) is 0 Å². The van der Waals surface area contributed by atoms with Gasteiger partial charge in [0.05, 0.1) is 0 Å². The molecule has 166 valence electrons. The van der Waals surface area contributed by atoms with Crippen molar-refractivity contribution in [2.45, 2.75) is 94.9 Å². The van der Waals surface area contributed by atoms with Crippen molar-refractivity contribution in [3.63, 3.8) is 0 Å². The van der Waals surface area contributed by atoms with E-state index in [1.165, 1.54) is 44.5 Å². The zero-order valence-corrected chi connectivity index (χ0v) is 21.8. The van der Waals surface area contributed by atoms with Gasteiger partial charge in [-0.05, 0) is 195 Å². The van der Waals surface area contributed by atoms with Crippen LogP contribution in [0.15, 0.2) is 0 Å². The fourth-order valence-corrected chi connectivity index (χ4v) is 6.83. The number of hydrogen-bond donors (Lipinski definition) is 0. The Morgan fingerprint density at radius 3 is 0.562 bits per heavy atom. The average Bonchev–Trinajstić information content (AvgIpc) is 2.80. The lowest BCUT2D eigenvalue weighted by molar-refractivity contribution is 0.879. The van der Waals surface area contributed by atoms with Crippen molar-refractivity contribution in [1.29, 1.82) is 0 Å². The van der Waals surface area contributed by atoms with E-state index >= 15 is 0 Å². The van der Waals surface area contributed by atoms with Crippen molar-refractivity contribution in [2.75, 3.05) is 0 Å². The van der Waals surface area contributed by atoms with Crippen molar-refractivity contribution >= 4 is 0 Å². The van der Waals surface area contributed by atoms with Gasteiger partial charge in [0.15, 0.2) is 0 Å². The quantitative estimate of drug-likeness (QED) is 0.239. The second-order valence-corrected chi connectivity index (χ2v) is 10.8. The highest BCUT2D eigenvalue weighted by Crippen LogP contribution is 2.43. The first-order valence-corrected chi connectivity index (χ1v) is 12.3. The Kier molecular flexibility index (Phi) is 4.76. The smallest absolute Gasteiger partial charge is 0.00144 e. The third kappa shape index (κ3) is 2.68. The lowest BCUT2D eigenvalue weighted by Gasteiger charge is -2.34. The Bertz CT molecular complexity index is 1140. The molecule has 0 heteroatoms. The standard InChI is InChI=1S/C32H38/c1-15-16(2)20(6)26-12-30-24(10)32-14-28-22(8)18(4)17(3)21(7)27(28)13-31(32)23(9)29(30)11-25(26)19(15)5/h11-14H2,1-10H3. The molecule has 0 aromatic heterocycles. The summed E-state index contributed by atoms with van der Waals surface area (Å²) in [6.45, 7) is 23.5. The second kappa shape index (κ2) is 7.08. The van der Waals surface area contributed by atoms with Crippen LogP contribution >= 0.6 is 0 Å². The first-order valence-electron chi connectivity index (χ1n) is 12.3. The van der Waals surface area contributed by atoms with Gasteiger partial charge < -0.3 is 0 Å². The zero-order valence-electron chi connectivity index (χ0n) is 21.8. The van der Waals surface area contributed by atoms with Crippen LogP contribution in [0.25, 0.3) is 0 Å². The van der Waals surface area contributed by atoms with E-state index in [1.807, 2.05) is 0 Å². The van der Waals surface area contributed by atoms with E-state index in [4.69, 9.17) is 0 Å². The predicted octanol–water partition coefficient (Wildman–Crippen LogP) is 7.76. The topological polar surface area (TPSA) is 0 Å². The molecule has 3 aromatic carbocycles. The van der Waals surface area contributed by atoms with E-state index in [0.717, 1.165) is 25.7 Å². The minimum Gasteiger partial charge on any atom is -0.0447 e. The Morgan fingerprint density at radius 2 is 0.375 bits per heavy atom. The molecule has 0 saturated carbocycles. The molecule has 2 aliphatic carbocycles. The van der Waals surface area contributed by atoms with E-state index in [-0.39, 0.29) is 0 Å². The van der Waals surface area contributed by atoms with Crippen molar-refractivity contribution in [1.82, 2.24) is 0 Å². The van der Waals surface area contributed by atoms with Crippen LogP contribution in [0, 0.1) is 69.2 Å². The molecule has 0 aliphatic heterocycles. The SMILES string of the molecule is Cc1c(C)c(C)c2c(c1C)Cc1c(C)c3c(c(C)c1C2)Cc1c(C)c(C)c(C)c(C)c1C3. The number of rotatable bonds is 0. The molecule has 0 radical (unpaired) electrons. The van der Waals surface area contributed by atoms with Gasteiger partial charge in [-0.25, -0.2) is 0 Å². The molecule has 0 saturated heterocycles. The van der Waals surface area contributed by atoms with Gasteiger partial charge in [-0.3, -0.25) is 0 Å². The molecule has 0 amide bonds. The van der Waals surface area contributed by atoms with Gasteiger partial charge in [-0.1, -0.05) is 0 Å². The molecule has 0 N–H and O–H groups in total. The summed E-state index contributed by atoms with van der Waals surface area (Å²) in [6, 6.07) is 0. The van der Waals surface area contributed by atoms with Crippen LogP contribution in [-0.2, 0) is 25.7 Å². The van der Waals surface area contributed by atoms with E-state index < -0.39 is 0 Å². The van der Waals surface area contributed by atoms with Crippen LogP contribution in [0.4, 0.5) is 0 Å². The van der Waals surface area contributed by atoms with Crippen LogP contribution < -0.4 is 0 Å². The summed E-state index contributed by atoms with van der Waals surface area (Å²) < 4.78 is 0. The van der Waals surface area contributed by atoms with Crippen molar-refractivity contribution in [3.8, 4) is 0 Å². The Morgan fingerprint density at radius 1 is 0.219 bits per heavy atom. The predicted molar refractivity (Wildman–Crippen MR) is 138 cm³/mol. The molecule has 0 unspecified atom stereocenters. The van der Waals surface area contributed by atoms with E-state index in [9.17, 15) is 0 Å². The van der Waals surface area contributed by atoms with Gasteiger partial charge in [0.25, 0.3) is 0 Å². The molecule has 2 aliphatic rings. The zero-order chi connectivity index (χ0) is 23.2. The molecular formula is C32H38. The minimum atomic E-state index is 1.11. The molecule has 0 heterocycles. The molecule has 32 heavy (non-hydrogen) atoms. The monoisotopic (exact) mass is 422 g/mol. The molecule has 5 rings (SSSR count). The van der Waals surface area contributed by atoms with Crippen LogP contribution in [0.3, 0.4) is 0 Å². The van der Waals surface area contributed by atoms with E-state index in [1.54, 1.807) is 55.6 Å². The van der Waals surface area contributed by atoms with Gasteiger partial charge in [0, 0.05) is 0 Å². The third-order valence-corrected chi connectivity index (χ3v) is 9.87. The van der Waals surface area contributed by atoms with Crippen LogP contribution in [-0.4, -0.2) is 0 Å². The maximum absolute atomic E-state index is 2.42. The lowest BCUT2D eigenvalue weighted by Crippen LogP contribution is -2.21. The molecule has 0 spiro atoms. The van der Waals surface area contributed by atoms with Gasteiger partial charge in [0.2, 0.25) is 0 Å². The largest absolute Gasteiger partial charge is 0.0447 e. The molecular weight excluding hydrogens is 384 g/mol.